The molecular formula is C6H10BrO3P. The molecule has 0 spiro atoms. The average Bonchev–Trinajstić information content (AvgIpc) is 1.88. The van der Waals surface area contributed by atoms with Crippen molar-refractivity contribution in [3.8, 4) is 10.5 Å². The smallest absolute Gasteiger partial charge is 0.300 e. The van der Waals surface area contributed by atoms with Gasteiger partial charge in [0, 0.05) is 21.6 Å². The van der Waals surface area contributed by atoms with E-state index in [9.17, 15) is 4.57 Å². The normalized spacial score (nSPS) is 10.5. The van der Waals surface area contributed by atoms with Gasteiger partial charge >= 0.3 is 7.60 Å². The van der Waals surface area contributed by atoms with Crippen molar-refractivity contribution in [3.05, 3.63) is 0 Å². The molecule has 0 bridgehead atoms. The van der Waals surface area contributed by atoms with Crippen LogP contribution in [0.2, 0.25) is 0 Å². The zero-order chi connectivity index (χ0) is 8.74. The zero-order valence-electron chi connectivity index (χ0n) is 6.46. The van der Waals surface area contributed by atoms with Crippen LogP contribution in [-0.4, -0.2) is 13.2 Å². The lowest BCUT2D eigenvalue weighted by Gasteiger charge is -2.08. The van der Waals surface area contributed by atoms with Crippen LogP contribution in [0.15, 0.2) is 0 Å². The van der Waals surface area contributed by atoms with Gasteiger partial charge in [0.15, 0.2) is 0 Å². The van der Waals surface area contributed by atoms with Crippen LogP contribution in [0, 0.1) is 10.5 Å². The van der Waals surface area contributed by atoms with Crippen molar-refractivity contribution in [2.75, 3.05) is 13.2 Å². The van der Waals surface area contributed by atoms with Crippen molar-refractivity contribution in [2.24, 2.45) is 0 Å². The summed E-state index contributed by atoms with van der Waals surface area (Å²) in [5.74, 6) is 0. The first kappa shape index (κ1) is 11.2. The highest BCUT2D eigenvalue weighted by molar-refractivity contribution is 9.12. The van der Waals surface area contributed by atoms with Gasteiger partial charge in [0.25, 0.3) is 0 Å². The summed E-state index contributed by atoms with van der Waals surface area (Å²) in [6.45, 7) is 4.14. The standard InChI is InChI=1S/C6H10BrO3P/c1-3-9-11(8,6-5-7)10-4-2/h3-4H2,1-2H3. The van der Waals surface area contributed by atoms with Gasteiger partial charge in [-0.2, -0.15) is 0 Å². The van der Waals surface area contributed by atoms with Crippen LogP contribution in [0.4, 0.5) is 0 Å². The van der Waals surface area contributed by atoms with E-state index in [4.69, 9.17) is 9.05 Å². The molecule has 0 rings (SSSR count). The van der Waals surface area contributed by atoms with Gasteiger partial charge in [-0.05, 0) is 18.7 Å². The minimum Gasteiger partial charge on any atom is -0.300 e. The predicted molar refractivity (Wildman–Crippen MR) is 47.6 cm³/mol. The highest BCUT2D eigenvalue weighted by Gasteiger charge is 2.19. The van der Waals surface area contributed by atoms with E-state index in [1.807, 2.05) is 0 Å². The molecular weight excluding hydrogens is 231 g/mol. The molecule has 11 heavy (non-hydrogen) atoms. The topological polar surface area (TPSA) is 35.5 Å². The Kier molecular flexibility index (Phi) is 5.89. The maximum Gasteiger partial charge on any atom is 0.406 e. The number of rotatable bonds is 4. The zero-order valence-corrected chi connectivity index (χ0v) is 8.94. The van der Waals surface area contributed by atoms with E-state index in [-0.39, 0.29) is 0 Å². The number of hydrogen-bond donors (Lipinski definition) is 0. The molecule has 0 N–H and O–H groups in total. The van der Waals surface area contributed by atoms with E-state index in [0.717, 1.165) is 0 Å². The Morgan fingerprint density at radius 3 is 2.09 bits per heavy atom. The fourth-order valence-electron chi connectivity index (χ4n) is 0.493. The third kappa shape index (κ3) is 4.60. The van der Waals surface area contributed by atoms with Crippen LogP contribution >= 0.6 is 23.5 Å². The van der Waals surface area contributed by atoms with Crippen molar-refractivity contribution >= 4 is 23.5 Å². The summed E-state index contributed by atoms with van der Waals surface area (Å²) in [5.41, 5.74) is 2.34. The van der Waals surface area contributed by atoms with Gasteiger partial charge in [-0.25, -0.2) is 4.57 Å². The molecule has 64 valence electrons. The highest BCUT2D eigenvalue weighted by Crippen LogP contribution is 2.46. The van der Waals surface area contributed by atoms with Crippen molar-refractivity contribution < 1.29 is 13.6 Å². The molecule has 0 aliphatic heterocycles. The maximum atomic E-state index is 11.4. The van der Waals surface area contributed by atoms with E-state index in [1.165, 1.54) is 0 Å². The second-order valence-corrected chi connectivity index (χ2v) is 3.67. The van der Waals surface area contributed by atoms with E-state index < -0.39 is 7.60 Å². The average molecular weight is 241 g/mol. The first-order valence-corrected chi connectivity index (χ1v) is 5.54. The summed E-state index contributed by atoms with van der Waals surface area (Å²) < 4.78 is 21.0. The molecule has 0 fully saturated rings. The Hall–Kier alpha value is 0.190. The fraction of sp³-hybridized carbons (Fsp3) is 0.667. The Morgan fingerprint density at radius 1 is 1.36 bits per heavy atom. The molecule has 0 heterocycles. The minimum atomic E-state index is -3.13. The Bertz CT molecular complexity index is 196. The predicted octanol–water partition coefficient (Wildman–Crippen LogP) is 2.57. The maximum absolute atomic E-state index is 11.4. The van der Waals surface area contributed by atoms with Crippen LogP contribution in [-0.2, 0) is 13.6 Å². The van der Waals surface area contributed by atoms with Gasteiger partial charge in [0.1, 0.15) is 0 Å². The Balaban J connectivity index is 4.22. The molecule has 5 heteroatoms. The molecule has 0 atom stereocenters. The van der Waals surface area contributed by atoms with Crippen molar-refractivity contribution in [2.45, 2.75) is 13.8 Å². The van der Waals surface area contributed by atoms with Gasteiger partial charge < -0.3 is 0 Å². The van der Waals surface area contributed by atoms with Crippen LogP contribution in [0.5, 0.6) is 0 Å². The van der Waals surface area contributed by atoms with E-state index in [2.05, 4.69) is 26.4 Å². The lowest BCUT2D eigenvalue weighted by atomic mass is 10.9. The van der Waals surface area contributed by atoms with Crippen LogP contribution in [0.3, 0.4) is 0 Å². The summed E-state index contributed by atoms with van der Waals surface area (Å²) in [7, 11) is -3.13. The summed E-state index contributed by atoms with van der Waals surface area (Å²) in [5, 5.41) is 0. The van der Waals surface area contributed by atoms with Gasteiger partial charge in [-0.3, -0.25) is 9.05 Å². The molecule has 0 amide bonds. The Morgan fingerprint density at radius 2 is 1.82 bits per heavy atom. The third-order valence-corrected chi connectivity index (χ3v) is 2.86. The Labute approximate surface area is 75.1 Å². The van der Waals surface area contributed by atoms with Crippen LogP contribution < -0.4 is 0 Å². The lowest BCUT2D eigenvalue weighted by Crippen LogP contribution is -1.92. The molecule has 0 aromatic heterocycles. The summed E-state index contributed by atoms with van der Waals surface area (Å²) in [6, 6.07) is 0. The van der Waals surface area contributed by atoms with E-state index in [0.29, 0.717) is 13.2 Å². The summed E-state index contributed by atoms with van der Waals surface area (Å²) >= 11 is 2.83. The molecule has 0 aromatic carbocycles. The molecule has 0 aliphatic carbocycles. The minimum absolute atomic E-state index is 0.332. The monoisotopic (exact) mass is 240 g/mol. The van der Waals surface area contributed by atoms with Crippen LogP contribution in [0.1, 0.15) is 13.8 Å². The van der Waals surface area contributed by atoms with Crippen molar-refractivity contribution in [1.82, 2.24) is 0 Å². The second-order valence-electron chi connectivity index (χ2n) is 1.54. The quantitative estimate of drug-likeness (QED) is 0.560. The largest absolute Gasteiger partial charge is 0.406 e. The highest BCUT2D eigenvalue weighted by atomic mass is 79.9. The van der Waals surface area contributed by atoms with Crippen molar-refractivity contribution in [3.63, 3.8) is 0 Å². The van der Waals surface area contributed by atoms with Crippen molar-refractivity contribution in [1.29, 1.82) is 0 Å². The molecule has 0 saturated carbocycles. The van der Waals surface area contributed by atoms with Crippen LogP contribution in [0.25, 0.3) is 0 Å². The molecule has 0 aromatic rings. The van der Waals surface area contributed by atoms with Gasteiger partial charge in [-0.15, -0.1) is 0 Å². The SMILES string of the molecule is CCOP(=O)(C#CBr)OCC. The molecule has 0 aliphatic rings. The molecule has 0 radical (unpaired) electrons. The number of hydrogen-bond acceptors (Lipinski definition) is 3. The fourth-order valence-corrected chi connectivity index (χ4v) is 2.13. The molecule has 0 saturated heterocycles. The third-order valence-electron chi connectivity index (χ3n) is 0.777. The molecule has 0 unspecified atom stereocenters. The second kappa shape index (κ2) is 5.79. The lowest BCUT2D eigenvalue weighted by molar-refractivity contribution is 0.231. The molecule has 3 nitrogen and oxygen atoms in total. The van der Waals surface area contributed by atoms with Gasteiger partial charge in [0.05, 0.1) is 13.2 Å². The number of halogens is 1. The van der Waals surface area contributed by atoms with E-state index >= 15 is 0 Å². The van der Waals surface area contributed by atoms with Gasteiger partial charge in [0.2, 0.25) is 0 Å². The summed E-state index contributed by atoms with van der Waals surface area (Å²) in [6.07, 6.45) is 0. The van der Waals surface area contributed by atoms with E-state index in [1.54, 1.807) is 13.8 Å². The summed E-state index contributed by atoms with van der Waals surface area (Å²) in [4.78, 5) is 2.33. The first-order valence-electron chi connectivity index (χ1n) is 3.20. The van der Waals surface area contributed by atoms with Gasteiger partial charge in [-0.1, -0.05) is 0 Å². The first-order chi connectivity index (χ1) is 5.18.